The van der Waals surface area contributed by atoms with Crippen LogP contribution in [-0.4, -0.2) is 62.3 Å². The Labute approximate surface area is 205 Å². The number of carbonyl (C=O) groups excluding carboxylic acids is 1. The van der Waals surface area contributed by atoms with Crippen LogP contribution < -0.4 is 10.2 Å². The fourth-order valence-electron chi connectivity index (χ4n) is 4.14. The van der Waals surface area contributed by atoms with Crippen LogP contribution in [-0.2, 0) is 25.9 Å². The number of pyridine rings is 1. The van der Waals surface area contributed by atoms with E-state index in [0.29, 0.717) is 12.2 Å². The van der Waals surface area contributed by atoms with Crippen LogP contribution in [0, 0.1) is 0 Å². The van der Waals surface area contributed by atoms with E-state index in [4.69, 9.17) is 0 Å². The summed E-state index contributed by atoms with van der Waals surface area (Å²) in [4.78, 5) is 29.9. The first-order valence-corrected chi connectivity index (χ1v) is 11.6. The molecule has 0 saturated heterocycles. The number of aryl methyl sites for hydroxylation is 2. The maximum absolute atomic E-state index is 11.6. The molecular formula is C24H27F3N8O. The van der Waals surface area contributed by atoms with Crippen LogP contribution in [0.25, 0.3) is 11.0 Å². The number of aromatic nitrogens is 6. The summed E-state index contributed by atoms with van der Waals surface area (Å²) >= 11 is 0. The van der Waals surface area contributed by atoms with Gasteiger partial charge in [-0.2, -0.15) is 18.3 Å². The Hall–Kier alpha value is -3.80. The van der Waals surface area contributed by atoms with Gasteiger partial charge in [0.25, 0.3) is 0 Å². The number of fused-ring (bicyclic) bond motifs is 2. The van der Waals surface area contributed by atoms with Crippen molar-refractivity contribution in [1.29, 1.82) is 0 Å². The number of H-pyrrole nitrogens is 1. The number of anilines is 1. The summed E-state index contributed by atoms with van der Waals surface area (Å²) in [6.07, 6.45) is 4.83. The molecule has 12 heteroatoms. The molecule has 1 aliphatic heterocycles. The number of halogens is 3. The van der Waals surface area contributed by atoms with E-state index in [1.165, 1.54) is 7.05 Å². The van der Waals surface area contributed by atoms with Gasteiger partial charge in [-0.05, 0) is 31.2 Å². The summed E-state index contributed by atoms with van der Waals surface area (Å²) in [6.45, 7) is 2.18. The number of carbonyl (C=O) groups is 1. The fraction of sp³-hybridized carbons (Fsp3) is 0.375. The van der Waals surface area contributed by atoms with E-state index in [2.05, 4.69) is 41.3 Å². The maximum atomic E-state index is 11.6. The molecule has 4 aromatic rings. The van der Waals surface area contributed by atoms with Crippen LogP contribution >= 0.6 is 0 Å². The van der Waals surface area contributed by atoms with Gasteiger partial charge in [0.05, 0.1) is 11.8 Å². The lowest BCUT2D eigenvalue weighted by Crippen LogP contribution is -2.32. The quantitative estimate of drug-likeness (QED) is 0.375. The number of hydrogen-bond donors (Lipinski definition) is 2. The molecule has 0 aromatic carbocycles. The van der Waals surface area contributed by atoms with Crippen LogP contribution in [0.1, 0.15) is 33.7 Å². The third-order valence-corrected chi connectivity index (χ3v) is 5.90. The van der Waals surface area contributed by atoms with Crippen LogP contribution in [0.2, 0.25) is 0 Å². The molecule has 1 aliphatic rings. The lowest BCUT2D eigenvalue weighted by atomic mass is 10.0. The van der Waals surface area contributed by atoms with Gasteiger partial charge in [0.1, 0.15) is 23.5 Å². The Morgan fingerprint density at radius 3 is 2.81 bits per heavy atom. The minimum atomic E-state index is -4.01. The molecule has 0 radical (unpaired) electrons. The molecule has 0 amide bonds. The van der Waals surface area contributed by atoms with Crippen molar-refractivity contribution in [3.8, 4) is 0 Å². The van der Waals surface area contributed by atoms with E-state index in [1.807, 2.05) is 29.2 Å². The normalized spacial score (nSPS) is 13.3. The van der Waals surface area contributed by atoms with Gasteiger partial charge < -0.3 is 15.2 Å². The molecule has 4 aromatic heterocycles. The van der Waals surface area contributed by atoms with Gasteiger partial charge in [0, 0.05) is 62.4 Å². The molecule has 0 aliphatic carbocycles. The molecule has 0 saturated carbocycles. The summed E-state index contributed by atoms with van der Waals surface area (Å²) in [5, 5.41) is 7.96. The molecule has 36 heavy (non-hydrogen) atoms. The van der Waals surface area contributed by atoms with Gasteiger partial charge in [-0.15, -0.1) is 0 Å². The summed E-state index contributed by atoms with van der Waals surface area (Å²) in [5.74, 6) is 0.886. The number of aromatic amines is 1. The lowest BCUT2D eigenvalue weighted by Gasteiger charge is -2.29. The zero-order valence-corrected chi connectivity index (χ0v) is 19.8. The second-order valence-corrected chi connectivity index (χ2v) is 8.34. The van der Waals surface area contributed by atoms with E-state index >= 15 is 0 Å². The van der Waals surface area contributed by atoms with Gasteiger partial charge >= 0.3 is 6.18 Å². The molecule has 0 bridgehead atoms. The Kier molecular flexibility index (Phi) is 7.93. The average Bonchev–Trinajstić information content (AvgIpc) is 3.51. The van der Waals surface area contributed by atoms with Crippen molar-refractivity contribution in [2.75, 3.05) is 25.0 Å². The molecule has 2 N–H and O–H groups in total. The van der Waals surface area contributed by atoms with Crippen LogP contribution in [0.3, 0.4) is 0 Å². The number of rotatable bonds is 7. The summed E-state index contributed by atoms with van der Waals surface area (Å²) in [7, 11) is 1.49. The molecule has 0 atom stereocenters. The van der Waals surface area contributed by atoms with Gasteiger partial charge in [0.2, 0.25) is 0 Å². The Balaban J connectivity index is 0.000000331. The summed E-state index contributed by atoms with van der Waals surface area (Å²) < 4.78 is 35.6. The molecule has 0 fully saturated rings. The van der Waals surface area contributed by atoms with Gasteiger partial charge in [-0.25, -0.2) is 9.97 Å². The van der Waals surface area contributed by atoms with Gasteiger partial charge in [-0.3, -0.25) is 14.5 Å². The minimum Gasteiger partial charge on any atom is -0.351 e. The van der Waals surface area contributed by atoms with Crippen molar-refractivity contribution in [3.05, 3.63) is 65.6 Å². The predicted octanol–water partition coefficient (Wildman–Crippen LogP) is 3.33. The van der Waals surface area contributed by atoms with Crippen molar-refractivity contribution in [2.45, 2.75) is 38.5 Å². The second kappa shape index (κ2) is 11.3. The van der Waals surface area contributed by atoms with Gasteiger partial charge in [-0.1, -0.05) is 6.07 Å². The first kappa shape index (κ1) is 25.3. The Morgan fingerprint density at radius 1 is 1.25 bits per heavy atom. The fourth-order valence-corrected chi connectivity index (χ4v) is 4.14. The third-order valence-electron chi connectivity index (χ3n) is 5.90. The zero-order chi connectivity index (χ0) is 25.5. The van der Waals surface area contributed by atoms with E-state index in [9.17, 15) is 18.0 Å². The second-order valence-electron chi connectivity index (χ2n) is 8.34. The standard InChI is InChI=1S/C20H19N7O.C4H8F3N/c28-12-17-16-11-26(20-15-3-7-22-19(15)23-13-24-20)8-5-18(16)27(25-17)9-4-14-2-1-6-21-10-14;1-8-3-2-4(5,6)7/h1-3,6-7,10,12-13H,4-5,8-9,11H2,(H,22,23,24);8H,2-3H2,1H3. The van der Waals surface area contributed by atoms with Crippen LogP contribution in [0.15, 0.2) is 43.1 Å². The molecular weight excluding hydrogens is 473 g/mol. The van der Waals surface area contributed by atoms with E-state index < -0.39 is 12.6 Å². The van der Waals surface area contributed by atoms with E-state index in [0.717, 1.165) is 65.9 Å². The highest BCUT2D eigenvalue weighted by molar-refractivity contribution is 5.87. The number of nitrogens with zero attached hydrogens (tertiary/aromatic N) is 6. The topological polar surface area (TPSA) is 105 Å². The maximum Gasteiger partial charge on any atom is 0.390 e. The number of aldehydes is 1. The molecule has 5 heterocycles. The third kappa shape index (κ3) is 6.06. The SMILES string of the molecule is CNCCC(F)(F)F.O=Cc1nn(CCc2cccnc2)c2c1CN(c1ncnc3[nH]ccc13)CC2. The molecule has 0 unspecified atom stereocenters. The van der Waals surface area contributed by atoms with Crippen LogP contribution in [0.4, 0.5) is 19.0 Å². The van der Waals surface area contributed by atoms with Crippen molar-refractivity contribution in [3.63, 3.8) is 0 Å². The largest absolute Gasteiger partial charge is 0.390 e. The first-order chi connectivity index (χ1) is 17.4. The van der Waals surface area contributed by atoms with E-state index in [1.54, 1.807) is 12.5 Å². The van der Waals surface area contributed by atoms with Crippen LogP contribution in [0.5, 0.6) is 0 Å². The minimum absolute atomic E-state index is 0.00347. The Bertz CT molecular complexity index is 1290. The first-order valence-electron chi connectivity index (χ1n) is 11.6. The lowest BCUT2D eigenvalue weighted by molar-refractivity contribution is -0.133. The Morgan fingerprint density at radius 2 is 2.11 bits per heavy atom. The number of nitrogens with one attached hydrogen (secondary N) is 2. The number of hydrogen-bond acceptors (Lipinski definition) is 7. The van der Waals surface area contributed by atoms with Crippen molar-refractivity contribution < 1.29 is 18.0 Å². The number of alkyl halides is 3. The summed E-state index contributed by atoms with van der Waals surface area (Å²) in [5.41, 5.74) is 4.63. The van der Waals surface area contributed by atoms with E-state index in [-0.39, 0.29) is 6.54 Å². The monoisotopic (exact) mass is 500 g/mol. The van der Waals surface area contributed by atoms with Gasteiger partial charge in [0.15, 0.2) is 6.29 Å². The van der Waals surface area contributed by atoms with Crippen molar-refractivity contribution in [2.24, 2.45) is 0 Å². The summed E-state index contributed by atoms with van der Waals surface area (Å²) in [6, 6.07) is 5.98. The molecule has 9 nitrogen and oxygen atoms in total. The predicted molar refractivity (Wildman–Crippen MR) is 129 cm³/mol. The molecule has 190 valence electrons. The highest BCUT2D eigenvalue weighted by Crippen LogP contribution is 2.29. The van der Waals surface area contributed by atoms with Crippen molar-refractivity contribution >= 4 is 23.1 Å². The smallest absolute Gasteiger partial charge is 0.351 e. The molecule has 0 spiro atoms. The van der Waals surface area contributed by atoms with Crippen molar-refractivity contribution in [1.82, 2.24) is 35.0 Å². The average molecular weight is 501 g/mol. The highest BCUT2D eigenvalue weighted by Gasteiger charge is 2.27. The zero-order valence-electron chi connectivity index (χ0n) is 19.8. The highest BCUT2D eigenvalue weighted by atomic mass is 19.4. The molecule has 5 rings (SSSR count).